The fourth-order valence-corrected chi connectivity index (χ4v) is 2.62. The van der Waals surface area contributed by atoms with E-state index in [1.54, 1.807) is 12.3 Å². The fourth-order valence-electron chi connectivity index (χ4n) is 2.51. The zero-order valence-corrected chi connectivity index (χ0v) is 14.6. The van der Waals surface area contributed by atoms with E-state index in [-0.39, 0.29) is 5.78 Å². The summed E-state index contributed by atoms with van der Waals surface area (Å²) >= 11 is 5.78. The third kappa shape index (κ3) is 4.88. The molecular weight excluding hydrogens is 334 g/mol. The number of nitrogens with one attached hydrogen (secondary N) is 1. The molecule has 0 spiro atoms. The summed E-state index contributed by atoms with van der Waals surface area (Å²) in [6, 6.07) is 17.2. The number of anilines is 2. The molecule has 0 aliphatic heterocycles. The molecule has 4 nitrogen and oxygen atoms in total. The summed E-state index contributed by atoms with van der Waals surface area (Å²) in [6.07, 6.45) is 2.27. The quantitative estimate of drug-likeness (QED) is 0.662. The van der Waals surface area contributed by atoms with Gasteiger partial charge < -0.3 is 5.32 Å². The Kier molecular flexibility index (Phi) is 5.41. The van der Waals surface area contributed by atoms with Crippen LogP contribution in [0.15, 0.2) is 60.8 Å². The average Bonchev–Trinajstić information content (AvgIpc) is 2.60. The second kappa shape index (κ2) is 7.90. The van der Waals surface area contributed by atoms with Gasteiger partial charge in [-0.3, -0.25) is 4.79 Å². The summed E-state index contributed by atoms with van der Waals surface area (Å²) in [7, 11) is 0. The van der Waals surface area contributed by atoms with Gasteiger partial charge in [-0.2, -0.15) is 0 Å². The Morgan fingerprint density at radius 3 is 2.56 bits per heavy atom. The molecule has 0 radical (unpaired) electrons. The van der Waals surface area contributed by atoms with Crippen molar-refractivity contribution in [1.82, 2.24) is 9.97 Å². The first kappa shape index (κ1) is 17.1. The molecule has 0 saturated heterocycles. The van der Waals surface area contributed by atoms with Gasteiger partial charge in [-0.1, -0.05) is 41.9 Å². The van der Waals surface area contributed by atoms with E-state index < -0.39 is 0 Å². The zero-order chi connectivity index (χ0) is 17.6. The van der Waals surface area contributed by atoms with Crippen molar-refractivity contribution < 1.29 is 4.79 Å². The monoisotopic (exact) mass is 351 g/mol. The van der Waals surface area contributed by atoms with Gasteiger partial charge in [-0.15, -0.1) is 0 Å². The van der Waals surface area contributed by atoms with Crippen molar-refractivity contribution in [2.24, 2.45) is 0 Å². The van der Waals surface area contributed by atoms with Gasteiger partial charge in [-0.25, -0.2) is 9.97 Å². The second-order valence-electron chi connectivity index (χ2n) is 5.83. The topological polar surface area (TPSA) is 54.9 Å². The van der Waals surface area contributed by atoms with Crippen LogP contribution in [0.5, 0.6) is 0 Å². The zero-order valence-electron chi connectivity index (χ0n) is 13.9. The Hall–Kier alpha value is -2.72. The lowest BCUT2D eigenvalue weighted by atomic mass is 10.0. The molecule has 25 heavy (non-hydrogen) atoms. The molecule has 0 aliphatic carbocycles. The minimum absolute atomic E-state index is 0.103. The minimum Gasteiger partial charge on any atom is -0.340 e. The number of aryl methyl sites for hydroxylation is 1. The van der Waals surface area contributed by atoms with Crippen LogP contribution >= 0.6 is 11.6 Å². The van der Waals surface area contributed by atoms with Crippen molar-refractivity contribution in [3.05, 3.63) is 82.8 Å². The first-order valence-corrected chi connectivity index (χ1v) is 8.39. The number of pyridine rings is 2. The molecule has 0 fully saturated rings. The van der Waals surface area contributed by atoms with E-state index in [2.05, 4.69) is 15.3 Å². The summed E-state index contributed by atoms with van der Waals surface area (Å²) in [6.45, 7) is 1.93. The number of carbonyl (C=O) groups excluding carboxylic acids is 1. The lowest BCUT2D eigenvalue weighted by molar-refractivity contribution is -0.117. The Balaban J connectivity index is 1.75. The van der Waals surface area contributed by atoms with Crippen molar-refractivity contribution >= 4 is 28.9 Å². The van der Waals surface area contributed by atoms with E-state index >= 15 is 0 Å². The van der Waals surface area contributed by atoms with Crippen molar-refractivity contribution in [2.75, 3.05) is 5.32 Å². The number of benzene rings is 1. The van der Waals surface area contributed by atoms with Crippen LogP contribution in [0, 0.1) is 6.92 Å². The average molecular weight is 352 g/mol. The van der Waals surface area contributed by atoms with Crippen molar-refractivity contribution in [3.63, 3.8) is 0 Å². The number of Topliss-reactive ketones (excluding diaryl/α,β-unsaturated/α-hetero) is 1. The molecule has 2 heterocycles. The number of rotatable bonds is 6. The van der Waals surface area contributed by atoms with Crippen LogP contribution < -0.4 is 5.32 Å². The SMILES string of the molecule is Cc1ccc(CC(=O)Cc2ccc(Cl)nc2)c(Nc2ccccc2)n1. The predicted molar refractivity (Wildman–Crippen MR) is 100 cm³/mol. The first-order chi connectivity index (χ1) is 12.1. The van der Waals surface area contributed by atoms with E-state index in [4.69, 9.17) is 11.6 Å². The highest BCUT2D eigenvalue weighted by Crippen LogP contribution is 2.20. The molecule has 5 heteroatoms. The van der Waals surface area contributed by atoms with E-state index in [1.165, 1.54) is 0 Å². The Morgan fingerprint density at radius 1 is 1.04 bits per heavy atom. The normalized spacial score (nSPS) is 10.5. The van der Waals surface area contributed by atoms with E-state index in [9.17, 15) is 4.79 Å². The molecule has 3 aromatic rings. The summed E-state index contributed by atoms with van der Waals surface area (Å²) in [4.78, 5) is 21.0. The van der Waals surface area contributed by atoms with Crippen LogP contribution in [0.4, 0.5) is 11.5 Å². The lowest BCUT2D eigenvalue weighted by Crippen LogP contribution is -2.10. The maximum atomic E-state index is 12.4. The summed E-state index contributed by atoms with van der Waals surface area (Å²) in [5.74, 6) is 0.819. The highest BCUT2D eigenvalue weighted by molar-refractivity contribution is 6.29. The van der Waals surface area contributed by atoms with E-state index in [0.29, 0.717) is 23.8 Å². The summed E-state index contributed by atoms with van der Waals surface area (Å²) in [5, 5.41) is 3.72. The molecule has 126 valence electrons. The van der Waals surface area contributed by atoms with Crippen molar-refractivity contribution in [2.45, 2.75) is 19.8 Å². The van der Waals surface area contributed by atoms with Gasteiger partial charge in [0, 0.05) is 36.0 Å². The van der Waals surface area contributed by atoms with Crippen LogP contribution in [-0.4, -0.2) is 15.8 Å². The summed E-state index contributed by atoms with van der Waals surface area (Å²) < 4.78 is 0. The number of hydrogen-bond acceptors (Lipinski definition) is 4. The molecule has 0 bridgehead atoms. The fraction of sp³-hybridized carbons (Fsp3) is 0.150. The molecule has 0 unspecified atom stereocenters. The highest BCUT2D eigenvalue weighted by atomic mass is 35.5. The standard InChI is InChI=1S/C20H18ClN3O/c1-14-7-9-16(20(23-14)24-17-5-3-2-4-6-17)12-18(25)11-15-8-10-19(21)22-13-15/h2-10,13H,11-12H2,1H3,(H,23,24). The number of carbonyl (C=O) groups is 1. The maximum Gasteiger partial charge on any atom is 0.141 e. The molecular formula is C20H18ClN3O. The Labute approximate surface area is 151 Å². The number of nitrogens with zero attached hydrogens (tertiary/aromatic N) is 2. The molecule has 3 rings (SSSR count). The van der Waals surface area contributed by atoms with Crippen LogP contribution in [0.2, 0.25) is 5.15 Å². The van der Waals surface area contributed by atoms with E-state index in [0.717, 1.165) is 22.5 Å². The minimum atomic E-state index is 0.103. The predicted octanol–water partition coefficient (Wildman–Crippen LogP) is 4.54. The van der Waals surface area contributed by atoms with Gasteiger partial charge in [-0.05, 0) is 36.8 Å². The van der Waals surface area contributed by atoms with Gasteiger partial charge >= 0.3 is 0 Å². The Bertz CT molecular complexity index is 864. The van der Waals surface area contributed by atoms with Gasteiger partial charge in [0.05, 0.1) is 0 Å². The van der Waals surface area contributed by atoms with Gasteiger partial charge in [0.2, 0.25) is 0 Å². The second-order valence-corrected chi connectivity index (χ2v) is 6.22. The Morgan fingerprint density at radius 2 is 1.84 bits per heavy atom. The molecule has 0 amide bonds. The third-order valence-corrected chi connectivity index (χ3v) is 3.96. The number of aromatic nitrogens is 2. The van der Waals surface area contributed by atoms with Crippen LogP contribution in [0.3, 0.4) is 0 Å². The van der Waals surface area contributed by atoms with Crippen molar-refractivity contribution in [1.29, 1.82) is 0 Å². The van der Waals surface area contributed by atoms with Crippen LogP contribution in [-0.2, 0) is 17.6 Å². The third-order valence-electron chi connectivity index (χ3n) is 3.73. The first-order valence-electron chi connectivity index (χ1n) is 8.01. The smallest absolute Gasteiger partial charge is 0.141 e. The number of halogens is 1. The van der Waals surface area contributed by atoms with Gasteiger partial charge in [0.25, 0.3) is 0 Å². The number of hydrogen-bond donors (Lipinski definition) is 1. The molecule has 1 aromatic carbocycles. The summed E-state index contributed by atoms with van der Waals surface area (Å²) in [5.41, 5.74) is 3.57. The number of ketones is 1. The van der Waals surface area contributed by atoms with Gasteiger partial charge in [0.1, 0.15) is 16.8 Å². The van der Waals surface area contributed by atoms with Crippen LogP contribution in [0.25, 0.3) is 0 Å². The molecule has 0 atom stereocenters. The largest absolute Gasteiger partial charge is 0.340 e. The van der Waals surface area contributed by atoms with Gasteiger partial charge in [0.15, 0.2) is 0 Å². The van der Waals surface area contributed by atoms with Crippen molar-refractivity contribution in [3.8, 4) is 0 Å². The molecule has 2 aromatic heterocycles. The molecule has 0 aliphatic rings. The maximum absolute atomic E-state index is 12.4. The lowest BCUT2D eigenvalue weighted by Gasteiger charge is -2.12. The number of para-hydroxylation sites is 1. The van der Waals surface area contributed by atoms with E-state index in [1.807, 2.05) is 55.5 Å². The van der Waals surface area contributed by atoms with Crippen LogP contribution in [0.1, 0.15) is 16.8 Å². The molecule has 1 N–H and O–H groups in total. The highest BCUT2D eigenvalue weighted by Gasteiger charge is 2.11. The molecule has 0 saturated carbocycles.